The van der Waals surface area contributed by atoms with Crippen molar-refractivity contribution in [3.63, 3.8) is 0 Å². The number of rotatable bonds is 49. The number of allylic oxidation sites excluding steroid dienone is 6. The molecule has 0 radical (unpaired) electrons. The minimum absolute atomic E-state index is 0.0742. The molecule has 0 heterocycles. The van der Waals surface area contributed by atoms with Crippen LogP contribution in [0.1, 0.15) is 284 Å². The van der Waals surface area contributed by atoms with Gasteiger partial charge in [-0.15, -0.1) is 0 Å². The summed E-state index contributed by atoms with van der Waals surface area (Å²) in [6.07, 6.45) is 59.9. The molecule has 1 atom stereocenters. The molecular weight excluding hydrogens is 769 g/mol. The Morgan fingerprint density at radius 2 is 0.581 bits per heavy atom. The van der Waals surface area contributed by atoms with Crippen molar-refractivity contribution in [2.45, 2.75) is 290 Å². The fourth-order valence-electron chi connectivity index (χ4n) is 7.76. The lowest BCUT2D eigenvalue weighted by atomic mass is 10.1. The predicted octanol–water partition coefficient (Wildman–Crippen LogP) is 17.7. The largest absolute Gasteiger partial charge is 0.462 e. The molecule has 0 amide bonds. The topological polar surface area (TPSA) is 78.9 Å². The van der Waals surface area contributed by atoms with Crippen molar-refractivity contribution in [2.75, 3.05) is 13.2 Å². The maximum atomic E-state index is 12.8. The van der Waals surface area contributed by atoms with Crippen molar-refractivity contribution in [2.24, 2.45) is 0 Å². The van der Waals surface area contributed by atoms with Crippen molar-refractivity contribution in [3.8, 4) is 0 Å². The van der Waals surface area contributed by atoms with Crippen LogP contribution in [0.25, 0.3) is 0 Å². The molecule has 0 bridgehead atoms. The van der Waals surface area contributed by atoms with Crippen LogP contribution in [0.5, 0.6) is 0 Å². The zero-order chi connectivity index (χ0) is 45.1. The van der Waals surface area contributed by atoms with Gasteiger partial charge >= 0.3 is 17.9 Å². The third kappa shape index (κ3) is 48.7. The van der Waals surface area contributed by atoms with Crippen LogP contribution in [-0.2, 0) is 28.6 Å². The van der Waals surface area contributed by atoms with E-state index in [1.807, 2.05) is 0 Å². The van der Waals surface area contributed by atoms with E-state index in [4.69, 9.17) is 14.2 Å². The smallest absolute Gasteiger partial charge is 0.306 e. The summed E-state index contributed by atoms with van der Waals surface area (Å²) in [6.45, 7) is 6.61. The second-order valence-electron chi connectivity index (χ2n) is 18.1. The van der Waals surface area contributed by atoms with Crippen molar-refractivity contribution in [1.82, 2.24) is 0 Å². The summed E-state index contributed by atoms with van der Waals surface area (Å²) in [5.74, 6) is -0.878. The lowest BCUT2D eigenvalue weighted by Crippen LogP contribution is -2.30. The van der Waals surface area contributed by atoms with Gasteiger partial charge in [-0.05, 0) is 77.0 Å². The molecule has 0 fully saturated rings. The van der Waals surface area contributed by atoms with Gasteiger partial charge in [0.1, 0.15) is 13.2 Å². The average Bonchev–Trinajstić information content (AvgIpc) is 3.27. The highest BCUT2D eigenvalue weighted by Gasteiger charge is 2.19. The van der Waals surface area contributed by atoms with Gasteiger partial charge in [-0.1, -0.05) is 224 Å². The van der Waals surface area contributed by atoms with Crippen LogP contribution in [0.3, 0.4) is 0 Å². The second-order valence-corrected chi connectivity index (χ2v) is 18.1. The first-order valence-electron chi connectivity index (χ1n) is 27.0. The number of carbonyl (C=O) groups excluding carboxylic acids is 3. The molecule has 0 aliphatic heterocycles. The number of hydrogen-bond acceptors (Lipinski definition) is 6. The third-order valence-electron chi connectivity index (χ3n) is 11.9. The molecule has 6 heteroatoms. The molecule has 62 heavy (non-hydrogen) atoms. The van der Waals surface area contributed by atoms with Crippen LogP contribution in [0.15, 0.2) is 36.5 Å². The zero-order valence-corrected chi connectivity index (χ0v) is 41.4. The molecule has 0 aliphatic carbocycles. The highest BCUT2D eigenvalue weighted by molar-refractivity contribution is 5.71. The molecule has 0 rings (SSSR count). The minimum atomic E-state index is -0.774. The van der Waals surface area contributed by atoms with Gasteiger partial charge in [0, 0.05) is 19.3 Å². The maximum absolute atomic E-state index is 12.8. The molecule has 6 nitrogen and oxygen atoms in total. The highest BCUT2D eigenvalue weighted by Crippen LogP contribution is 2.15. The Labute approximate surface area is 385 Å². The van der Waals surface area contributed by atoms with Gasteiger partial charge in [0.05, 0.1) is 0 Å². The van der Waals surface area contributed by atoms with Gasteiger partial charge in [-0.25, -0.2) is 0 Å². The van der Waals surface area contributed by atoms with Crippen molar-refractivity contribution in [1.29, 1.82) is 0 Å². The first-order valence-corrected chi connectivity index (χ1v) is 27.0. The summed E-state index contributed by atoms with van der Waals surface area (Å²) >= 11 is 0. The van der Waals surface area contributed by atoms with E-state index in [-0.39, 0.29) is 31.1 Å². The van der Waals surface area contributed by atoms with E-state index in [1.54, 1.807) is 0 Å². The van der Waals surface area contributed by atoms with E-state index in [9.17, 15) is 14.4 Å². The Morgan fingerprint density at radius 1 is 0.323 bits per heavy atom. The number of carbonyl (C=O) groups is 3. The molecule has 0 saturated carbocycles. The van der Waals surface area contributed by atoms with E-state index in [0.29, 0.717) is 19.3 Å². The maximum Gasteiger partial charge on any atom is 0.306 e. The molecule has 0 aromatic heterocycles. The molecule has 362 valence electrons. The van der Waals surface area contributed by atoms with Gasteiger partial charge in [0.2, 0.25) is 0 Å². The quantitative estimate of drug-likeness (QED) is 0.0262. The fraction of sp³-hybridized carbons (Fsp3) is 0.839. The van der Waals surface area contributed by atoms with Crippen LogP contribution in [0, 0.1) is 0 Å². The minimum Gasteiger partial charge on any atom is -0.462 e. The van der Waals surface area contributed by atoms with Gasteiger partial charge in [0.15, 0.2) is 6.10 Å². The summed E-state index contributed by atoms with van der Waals surface area (Å²) in [4.78, 5) is 37.9. The standard InChI is InChI=1S/C56H102O6/c1-4-7-10-13-16-19-21-23-25-27-29-30-32-34-37-40-43-46-49-55(58)61-52-53(51-60-54(57)48-45-42-39-36-18-15-12-9-6-3)62-56(59)50-47-44-41-38-35-33-31-28-26-24-22-20-17-14-11-8-5-2/h17,20,24-27,53H,4-16,18-19,21-23,28-52H2,1-3H3/b20-17-,26-24-,27-25-. The summed E-state index contributed by atoms with van der Waals surface area (Å²) in [6, 6.07) is 0. The number of hydrogen-bond donors (Lipinski definition) is 0. The molecule has 0 N–H and O–H groups in total. The first-order chi connectivity index (χ1) is 30.5. The predicted molar refractivity (Wildman–Crippen MR) is 266 cm³/mol. The van der Waals surface area contributed by atoms with E-state index < -0.39 is 6.10 Å². The van der Waals surface area contributed by atoms with Crippen LogP contribution < -0.4 is 0 Å². The van der Waals surface area contributed by atoms with Gasteiger partial charge in [-0.2, -0.15) is 0 Å². The monoisotopic (exact) mass is 871 g/mol. The third-order valence-corrected chi connectivity index (χ3v) is 11.9. The Hall–Kier alpha value is -2.37. The van der Waals surface area contributed by atoms with E-state index in [1.165, 1.54) is 173 Å². The molecule has 0 aromatic rings. The average molecular weight is 871 g/mol. The first kappa shape index (κ1) is 59.6. The Morgan fingerprint density at radius 3 is 0.935 bits per heavy atom. The van der Waals surface area contributed by atoms with Crippen molar-refractivity contribution < 1.29 is 28.6 Å². The fourth-order valence-corrected chi connectivity index (χ4v) is 7.76. The van der Waals surface area contributed by atoms with E-state index in [2.05, 4.69) is 57.2 Å². The molecule has 1 unspecified atom stereocenters. The van der Waals surface area contributed by atoms with Crippen LogP contribution in [0.4, 0.5) is 0 Å². The number of unbranched alkanes of at least 4 members (excludes halogenated alkanes) is 32. The van der Waals surface area contributed by atoms with Crippen molar-refractivity contribution in [3.05, 3.63) is 36.5 Å². The van der Waals surface area contributed by atoms with E-state index >= 15 is 0 Å². The normalized spacial score (nSPS) is 12.2. The van der Waals surface area contributed by atoms with Gasteiger partial charge < -0.3 is 14.2 Å². The summed E-state index contributed by atoms with van der Waals surface area (Å²) in [5.41, 5.74) is 0. The molecule has 0 spiro atoms. The summed E-state index contributed by atoms with van der Waals surface area (Å²) in [7, 11) is 0. The van der Waals surface area contributed by atoms with Crippen molar-refractivity contribution >= 4 is 17.9 Å². The van der Waals surface area contributed by atoms with Crippen LogP contribution in [-0.4, -0.2) is 37.2 Å². The second kappa shape index (κ2) is 51.3. The Balaban J connectivity index is 4.30. The number of esters is 3. The summed E-state index contributed by atoms with van der Waals surface area (Å²) < 4.78 is 16.8. The Bertz CT molecular complexity index is 1050. The molecule has 0 saturated heterocycles. The van der Waals surface area contributed by atoms with Gasteiger partial charge in [0.25, 0.3) is 0 Å². The SMILES string of the molecule is CCCCC/C=C\C/C=C\CCCCCCCCCC(=O)OC(COC(=O)CCCCCCCCC/C=C\CCCCCCCCC)COC(=O)CCCCCCCCCCC. The highest BCUT2D eigenvalue weighted by atomic mass is 16.6. The molecule has 0 aromatic carbocycles. The molecule has 0 aliphatic rings. The van der Waals surface area contributed by atoms with Crippen LogP contribution in [0.2, 0.25) is 0 Å². The molecular formula is C56H102O6. The van der Waals surface area contributed by atoms with Gasteiger partial charge in [-0.3, -0.25) is 14.4 Å². The lowest BCUT2D eigenvalue weighted by molar-refractivity contribution is -0.167. The zero-order valence-electron chi connectivity index (χ0n) is 41.4. The van der Waals surface area contributed by atoms with E-state index in [0.717, 1.165) is 70.6 Å². The summed E-state index contributed by atoms with van der Waals surface area (Å²) in [5, 5.41) is 0. The van der Waals surface area contributed by atoms with Crippen LogP contribution >= 0.6 is 0 Å². The number of ether oxygens (including phenoxy) is 3. The lowest BCUT2D eigenvalue weighted by Gasteiger charge is -2.18. The Kier molecular flexibility index (Phi) is 49.3.